The summed E-state index contributed by atoms with van der Waals surface area (Å²) < 4.78 is 5.87. The summed E-state index contributed by atoms with van der Waals surface area (Å²) in [7, 11) is 1.76. The summed E-state index contributed by atoms with van der Waals surface area (Å²) in [5.41, 5.74) is 8.38. The monoisotopic (exact) mass is 329 g/mol. The van der Waals surface area contributed by atoms with E-state index in [1.165, 1.54) is 27.8 Å². The van der Waals surface area contributed by atoms with Crippen molar-refractivity contribution in [1.82, 2.24) is 0 Å². The molecular formula is C24H25O. The lowest BCUT2D eigenvalue weighted by atomic mass is 9.90. The van der Waals surface area contributed by atoms with Gasteiger partial charge in [0.2, 0.25) is 0 Å². The highest BCUT2D eigenvalue weighted by Gasteiger charge is 2.17. The summed E-state index contributed by atoms with van der Waals surface area (Å²) in [5.74, 6) is 0.948. The quantitative estimate of drug-likeness (QED) is 0.526. The van der Waals surface area contributed by atoms with Crippen molar-refractivity contribution in [2.75, 3.05) is 7.11 Å². The second-order valence-electron chi connectivity index (χ2n) is 6.57. The Bertz CT molecular complexity index is 843. The predicted molar refractivity (Wildman–Crippen MR) is 106 cm³/mol. The largest absolute Gasteiger partial charge is 0.496 e. The standard InChI is InChI=1S/C24H25O/c1-5-6-21-15-16-22(19-11-7-17(2)8-12-19)23(24(21)25-4)20-13-9-18(3)10-14-20/h7-14,16H,5-6H2,1-4H3. The molecule has 0 atom stereocenters. The van der Waals surface area contributed by atoms with Crippen LogP contribution in [0.15, 0.2) is 54.6 Å². The molecule has 127 valence electrons. The molecule has 0 N–H and O–H groups in total. The molecule has 0 spiro atoms. The van der Waals surface area contributed by atoms with Gasteiger partial charge in [-0.25, -0.2) is 0 Å². The molecule has 0 aliphatic rings. The number of hydrogen-bond donors (Lipinski definition) is 0. The Balaban J connectivity index is 2.27. The SMILES string of the molecule is CCCc1[c]cc(-c2ccc(C)cc2)c(-c2ccc(C)cc2)c1OC. The fourth-order valence-electron chi connectivity index (χ4n) is 3.20. The molecule has 3 aromatic carbocycles. The summed E-state index contributed by atoms with van der Waals surface area (Å²) in [6.07, 6.45) is 2.04. The molecule has 0 unspecified atom stereocenters. The van der Waals surface area contributed by atoms with Gasteiger partial charge in [-0.1, -0.05) is 73.0 Å². The second-order valence-corrected chi connectivity index (χ2v) is 6.57. The fraction of sp³-hybridized carbons (Fsp3) is 0.250. The molecule has 1 nitrogen and oxygen atoms in total. The smallest absolute Gasteiger partial charge is 0.131 e. The third kappa shape index (κ3) is 3.61. The number of benzene rings is 3. The summed E-state index contributed by atoms with van der Waals surface area (Å²) in [6.45, 7) is 6.41. The van der Waals surface area contributed by atoms with Crippen molar-refractivity contribution in [2.24, 2.45) is 0 Å². The van der Waals surface area contributed by atoms with Gasteiger partial charge in [-0.15, -0.1) is 0 Å². The molecular weight excluding hydrogens is 304 g/mol. The van der Waals surface area contributed by atoms with E-state index in [0.717, 1.165) is 29.7 Å². The number of rotatable bonds is 5. The van der Waals surface area contributed by atoms with E-state index < -0.39 is 0 Å². The van der Waals surface area contributed by atoms with Gasteiger partial charge < -0.3 is 4.74 Å². The molecule has 0 saturated heterocycles. The minimum atomic E-state index is 0.948. The highest BCUT2D eigenvalue weighted by molar-refractivity contribution is 5.88. The van der Waals surface area contributed by atoms with E-state index in [0.29, 0.717) is 0 Å². The summed E-state index contributed by atoms with van der Waals surface area (Å²) >= 11 is 0. The van der Waals surface area contributed by atoms with E-state index in [2.05, 4.69) is 81.4 Å². The molecule has 0 bridgehead atoms. The fourth-order valence-corrected chi connectivity index (χ4v) is 3.20. The van der Waals surface area contributed by atoms with Gasteiger partial charge in [-0.2, -0.15) is 0 Å². The van der Waals surface area contributed by atoms with Gasteiger partial charge in [0.25, 0.3) is 0 Å². The average Bonchev–Trinajstić information content (AvgIpc) is 2.63. The lowest BCUT2D eigenvalue weighted by molar-refractivity contribution is 0.411. The maximum atomic E-state index is 5.87. The van der Waals surface area contributed by atoms with Crippen LogP contribution in [-0.2, 0) is 6.42 Å². The van der Waals surface area contributed by atoms with Crippen LogP contribution in [0.25, 0.3) is 22.3 Å². The van der Waals surface area contributed by atoms with Crippen LogP contribution < -0.4 is 4.74 Å². The first kappa shape index (κ1) is 17.3. The van der Waals surface area contributed by atoms with Crippen molar-refractivity contribution in [3.05, 3.63) is 77.4 Å². The van der Waals surface area contributed by atoms with Crippen LogP contribution in [0.2, 0.25) is 0 Å². The molecule has 0 aliphatic heterocycles. The van der Waals surface area contributed by atoms with Crippen molar-refractivity contribution in [3.63, 3.8) is 0 Å². The van der Waals surface area contributed by atoms with Gasteiger partial charge in [0.15, 0.2) is 0 Å². The Morgan fingerprint density at radius 1 is 0.840 bits per heavy atom. The average molecular weight is 329 g/mol. The van der Waals surface area contributed by atoms with E-state index in [1.807, 2.05) is 0 Å². The molecule has 0 aliphatic carbocycles. The number of aryl methyl sites for hydroxylation is 3. The van der Waals surface area contributed by atoms with E-state index in [-0.39, 0.29) is 0 Å². The van der Waals surface area contributed by atoms with Crippen LogP contribution in [-0.4, -0.2) is 7.11 Å². The molecule has 3 aromatic rings. The minimum Gasteiger partial charge on any atom is -0.496 e. The zero-order valence-electron chi connectivity index (χ0n) is 15.5. The van der Waals surface area contributed by atoms with Crippen molar-refractivity contribution >= 4 is 0 Å². The molecule has 0 aromatic heterocycles. The Kier molecular flexibility index (Phi) is 5.23. The summed E-state index contributed by atoms with van der Waals surface area (Å²) in [6, 6.07) is 22.9. The first-order valence-electron chi connectivity index (χ1n) is 8.89. The Labute approximate surface area is 151 Å². The number of hydrogen-bond acceptors (Lipinski definition) is 1. The van der Waals surface area contributed by atoms with Crippen LogP contribution in [0.4, 0.5) is 0 Å². The van der Waals surface area contributed by atoms with Crippen LogP contribution in [0.3, 0.4) is 0 Å². The van der Waals surface area contributed by atoms with Gasteiger partial charge in [0, 0.05) is 11.1 Å². The third-order valence-electron chi connectivity index (χ3n) is 4.57. The highest BCUT2D eigenvalue weighted by Crippen LogP contribution is 2.41. The van der Waals surface area contributed by atoms with Crippen molar-refractivity contribution in [2.45, 2.75) is 33.6 Å². The van der Waals surface area contributed by atoms with Gasteiger partial charge in [-0.05, 0) is 49.1 Å². The number of methoxy groups -OCH3 is 1. The lowest BCUT2D eigenvalue weighted by Crippen LogP contribution is -1.98. The van der Waals surface area contributed by atoms with E-state index in [9.17, 15) is 0 Å². The lowest BCUT2D eigenvalue weighted by Gasteiger charge is -2.18. The maximum absolute atomic E-state index is 5.87. The number of ether oxygens (including phenoxy) is 1. The van der Waals surface area contributed by atoms with E-state index >= 15 is 0 Å². The molecule has 0 heterocycles. The van der Waals surface area contributed by atoms with Crippen LogP contribution in [0.1, 0.15) is 30.0 Å². The zero-order valence-corrected chi connectivity index (χ0v) is 15.5. The van der Waals surface area contributed by atoms with Crippen LogP contribution >= 0.6 is 0 Å². The molecule has 25 heavy (non-hydrogen) atoms. The zero-order chi connectivity index (χ0) is 17.8. The Hall–Kier alpha value is -2.54. The highest BCUT2D eigenvalue weighted by atomic mass is 16.5. The first-order chi connectivity index (χ1) is 12.1. The van der Waals surface area contributed by atoms with Crippen molar-refractivity contribution in [1.29, 1.82) is 0 Å². The maximum Gasteiger partial charge on any atom is 0.131 e. The molecule has 0 saturated carbocycles. The second kappa shape index (κ2) is 7.57. The van der Waals surface area contributed by atoms with Gasteiger partial charge in [0.1, 0.15) is 5.75 Å². The van der Waals surface area contributed by atoms with E-state index in [4.69, 9.17) is 4.74 Å². The first-order valence-corrected chi connectivity index (χ1v) is 8.89. The van der Waals surface area contributed by atoms with Crippen molar-refractivity contribution in [3.8, 4) is 28.0 Å². The van der Waals surface area contributed by atoms with Gasteiger partial charge >= 0.3 is 0 Å². The topological polar surface area (TPSA) is 9.23 Å². The predicted octanol–water partition coefficient (Wildman–Crippen LogP) is 6.40. The Morgan fingerprint density at radius 2 is 1.40 bits per heavy atom. The van der Waals surface area contributed by atoms with Crippen molar-refractivity contribution < 1.29 is 4.74 Å². The van der Waals surface area contributed by atoms with Gasteiger partial charge in [0.05, 0.1) is 7.11 Å². The third-order valence-corrected chi connectivity index (χ3v) is 4.57. The van der Waals surface area contributed by atoms with Gasteiger partial charge in [-0.3, -0.25) is 0 Å². The van der Waals surface area contributed by atoms with E-state index in [1.54, 1.807) is 7.11 Å². The summed E-state index contributed by atoms with van der Waals surface area (Å²) in [5, 5.41) is 0. The molecule has 3 rings (SSSR count). The minimum absolute atomic E-state index is 0.948. The molecule has 1 heteroatoms. The normalized spacial score (nSPS) is 10.7. The van der Waals surface area contributed by atoms with Crippen LogP contribution in [0.5, 0.6) is 5.75 Å². The Morgan fingerprint density at radius 3 is 1.92 bits per heavy atom. The molecule has 1 radical (unpaired) electrons. The molecule has 0 amide bonds. The molecule has 0 fully saturated rings. The van der Waals surface area contributed by atoms with Crippen LogP contribution in [0, 0.1) is 19.9 Å². The summed E-state index contributed by atoms with van der Waals surface area (Å²) in [4.78, 5) is 0.